The minimum absolute atomic E-state index is 0.194. The largest absolute Gasteiger partial charge is 0.416 e. The van der Waals surface area contributed by atoms with Gasteiger partial charge < -0.3 is 5.11 Å². The molecule has 1 saturated carbocycles. The van der Waals surface area contributed by atoms with Crippen molar-refractivity contribution in [3.63, 3.8) is 0 Å². The maximum absolute atomic E-state index is 13.1. The van der Waals surface area contributed by atoms with Gasteiger partial charge in [-0.25, -0.2) is 0 Å². The Morgan fingerprint density at radius 3 is 2.62 bits per heavy atom. The molecule has 2 rings (SSSR count). The molecule has 0 aromatic heterocycles. The number of halogens is 3. The second kappa shape index (κ2) is 5.69. The van der Waals surface area contributed by atoms with Crippen molar-refractivity contribution in [2.45, 2.75) is 44.9 Å². The molecule has 0 heterocycles. The summed E-state index contributed by atoms with van der Waals surface area (Å²) in [6.07, 6.45) is -3.40. The van der Waals surface area contributed by atoms with Gasteiger partial charge in [-0.2, -0.15) is 18.4 Å². The van der Waals surface area contributed by atoms with Gasteiger partial charge >= 0.3 is 6.18 Å². The summed E-state index contributed by atoms with van der Waals surface area (Å²) >= 11 is 0. The van der Waals surface area contributed by atoms with Crippen molar-refractivity contribution in [1.29, 1.82) is 5.26 Å². The number of aliphatic hydroxyl groups is 1. The summed E-state index contributed by atoms with van der Waals surface area (Å²) in [4.78, 5) is 0. The van der Waals surface area contributed by atoms with Crippen LogP contribution in [0.15, 0.2) is 24.3 Å². The maximum atomic E-state index is 13.1. The lowest BCUT2D eigenvalue weighted by Gasteiger charge is -2.38. The van der Waals surface area contributed by atoms with Crippen LogP contribution >= 0.6 is 0 Å². The van der Waals surface area contributed by atoms with Crippen molar-refractivity contribution in [2.75, 3.05) is 0 Å². The van der Waals surface area contributed by atoms with E-state index in [9.17, 15) is 23.5 Å². The van der Waals surface area contributed by atoms with Crippen molar-refractivity contribution in [1.82, 2.24) is 0 Å². The highest BCUT2D eigenvalue weighted by molar-refractivity contribution is 5.34. The number of nitriles is 1. The van der Waals surface area contributed by atoms with Crippen molar-refractivity contribution in [3.05, 3.63) is 35.4 Å². The van der Waals surface area contributed by atoms with E-state index in [0.717, 1.165) is 18.9 Å². The van der Waals surface area contributed by atoms with Crippen molar-refractivity contribution < 1.29 is 18.3 Å². The zero-order chi connectivity index (χ0) is 15.7. The quantitative estimate of drug-likeness (QED) is 0.876. The first-order valence-corrected chi connectivity index (χ1v) is 7.05. The van der Waals surface area contributed by atoms with Crippen molar-refractivity contribution in [3.8, 4) is 6.07 Å². The van der Waals surface area contributed by atoms with E-state index in [1.807, 2.05) is 6.92 Å². The van der Waals surface area contributed by atoms with Crippen LogP contribution in [-0.2, 0) is 6.18 Å². The zero-order valence-electron chi connectivity index (χ0n) is 11.8. The Hall–Kier alpha value is -1.54. The third-order valence-electron chi connectivity index (χ3n) is 4.34. The minimum Gasteiger partial charge on any atom is -0.387 e. The predicted molar refractivity (Wildman–Crippen MR) is 72.1 cm³/mol. The third-order valence-corrected chi connectivity index (χ3v) is 4.34. The molecule has 0 bridgehead atoms. The van der Waals surface area contributed by atoms with E-state index >= 15 is 0 Å². The topological polar surface area (TPSA) is 44.0 Å². The van der Waals surface area contributed by atoms with Crippen LogP contribution in [0.5, 0.6) is 0 Å². The molecule has 2 nitrogen and oxygen atoms in total. The number of nitrogens with zero attached hydrogens (tertiary/aromatic N) is 1. The lowest BCUT2D eigenvalue weighted by molar-refractivity contribution is -0.140. The Morgan fingerprint density at radius 1 is 1.38 bits per heavy atom. The molecule has 1 aromatic rings. The number of rotatable bonds is 2. The van der Waals surface area contributed by atoms with E-state index in [4.69, 9.17) is 0 Å². The fourth-order valence-corrected chi connectivity index (χ4v) is 3.29. The molecule has 0 aliphatic heterocycles. The van der Waals surface area contributed by atoms with E-state index in [-0.39, 0.29) is 11.5 Å². The van der Waals surface area contributed by atoms with Crippen LogP contribution in [0.25, 0.3) is 0 Å². The van der Waals surface area contributed by atoms with Gasteiger partial charge in [0, 0.05) is 0 Å². The molecule has 3 atom stereocenters. The second-order valence-electron chi connectivity index (χ2n) is 5.96. The first kappa shape index (κ1) is 15.8. The Morgan fingerprint density at radius 2 is 2.05 bits per heavy atom. The van der Waals surface area contributed by atoms with Gasteiger partial charge in [0.25, 0.3) is 0 Å². The van der Waals surface area contributed by atoms with Crippen LogP contribution in [0.1, 0.15) is 49.8 Å². The summed E-state index contributed by atoms with van der Waals surface area (Å²) in [5.41, 5.74) is -2.18. The maximum Gasteiger partial charge on any atom is 0.416 e. The summed E-state index contributed by atoms with van der Waals surface area (Å²) in [5, 5.41) is 20.0. The van der Waals surface area contributed by atoms with Gasteiger partial charge in [-0.05, 0) is 30.4 Å². The van der Waals surface area contributed by atoms with Gasteiger partial charge in [0.15, 0.2) is 0 Å². The number of benzene rings is 1. The van der Waals surface area contributed by atoms with Gasteiger partial charge in [-0.3, -0.25) is 0 Å². The number of hydrogen-bond donors (Lipinski definition) is 1. The number of hydrogen-bond acceptors (Lipinski definition) is 2. The van der Waals surface area contributed by atoms with E-state index in [1.165, 1.54) is 18.2 Å². The average Bonchev–Trinajstić information content (AvgIpc) is 2.45. The highest BCUT2D eigenvalue weighted by atomic mass is 19.4. The molecular formula is C16H18F3NO. The van der Waals surface area contributed by atoms with Crippen molar-refractivity contribution in [2.24, 2.45) is 11.3 Å². The lowest BCUT2D eigenvalue weighted by atomic mass is 9.66. The summed E-state index contributed by atoms with van der Waals surface area (Å²) in [6, 6.07) is 7.09. The fraction of sp³-hybridized carbons (Fsp3) is 0.562. The molecule has 21 heavy (non-hydrogen) atoms. The predicted octanol–water partition coefficient (Wildman–Crippen LogP) is 4.46. The first-order chi connectivity index (χ1) is 9.80. The van der Waals surface area contributed by atoms with Crippen LogP contribution in [0.3, 0.4) is 0 Å². The van der Waals surface area contributed by atoms with Gasteiger partial charge in [-0.15, -0.1) is 0 Å². The lowest BCUT2D eigenvalue weighted by Crippen LogP contribution is -2.34. The average molecular weight is 297 g/mol. The molecule has 1 aromatic carbocycles. The Balaban J connectivity index is 2.44. The molecule has 0 spiro atoms. The van der Waals surface area contributed by atoms with Gasteiger partial charge in [-0.1, -0.05) is 38.0 Å². The van der Waals surface area contributed by atoms with E-state index in [1.54, 1.807) is 0 Å². The molecule has 114 valence electrons. The molecule has 0 amide bonds. The molecule has 1 aliphatic rings. The second-order valence-corrected chi connectivity index (χ2v) is 5.96. The van der Waals surface area contributed by atoms with Crippen LogP contribution in [0, 0.1) is 22.7 Å². The van der Waals surface area contributed by atoms with Gasteiger partial charge in [0.1, 0.15) is 0 Å². The summed E-state index contributed by atoms with van der Waals surface area (Å²) in [7, 11) is 0. The minimum atomic E-state index is -4.53. The Kier molecular flexibility index (Phi) is 4.29. The van der Waals surface area contributed by atoms with Crippen LogP contribution in [0.2, 0.25) is 0 Å². The van der Waals surface area contributed by atoms with Gasteiger partial charge in [0.05, 0.1) is 23.2 Å². The molecule has 0 radical (unpaired) electrons. The highest BCUT2D eigenvalue weighted by Gasteiger charge is 2.45. The molecular weight excluding hydrogens is 279 g/mol. The zero-order valence-corrected chi connectivity index (χ0v) is 11.8. The highest BCUT2D eigenvalue weighted by Crippen LogP contribution is 2.49. The summed E-state index contributed by atoms with van der Waals surface area (Å²) in [6.45, 7) is 1.97. The standard InChI is InChI=1S/C16H18F3NO/c1-11-5-4-8-15(9-11,10-20)14(21)12-6-2-3-7-13(12)16(17,18)19/h2-3,6-7,11,14,21H,4-5,8-9H2,1H3. The summed E-state index contributed by atoms with van der Waals surface area (Å²) < 4.78 is 39.3. The third kappa shape index (κ3) is 3.06. The molecule has 1 fully saturated rings. The smallest absolute Gasteiger partial charge is 0.387 e. The van der Waals surface area contributed by atoms with Crippen LogP contribution < -0.4 is 0 Å². The normalized spacial score (nSPS) is 27.9. The fourth-order valence-electron chi connectivity index (χ4n) is 3.29. The van der Waals surface area contributed by atoms with Crippen LogP contribution in [-0.4, -0.2) is 5.11 Å². The van der Waals surface area contributed by atoms with E-state index in [2.05, 4.69) is 6.07 Å². The van der Waals surface area contributed by atoms with E-state index < -0.39 is 23.3 Å². The summed E-state index contributed by atoms with van der Waals surface area (Å²) in [5.74, 6) is 0.228. The Bertz CT molecular complexity index is 549. The molecule has 0 saturated heterocycles. The van der Waals surface area contributed by atoms with E-state index in [0.29, 0.717) is 12.8 Å². The first-order valence-electron chi connectivity index (χ1n) is 7.05. The Labute approximate surface area is 122 Å². The molecule has 1 N–H and O–H groups in total. The molecule has 3 unspecified atom stereocenters. The monoisotopic (exact) mass is 297 g/mol. The van der Waals surface area contributed by atoms with Crippen molar-refractivity contribution >= 4 is 0 Å². The molecule has 5 heteroatoms. The van der Waals surface area contributed by atoms with Crippen LogP contribution in [0.4, 0.5) is 13.2 Å². The SMILES string of the molecule is CC1CCCC(C#N)(C(O)c2ccccc2C(F)(F)F)C1. The number of aliphatic hydroxyl groups excluding tert-OH is 1. The molecule has 1 aliphatic carbocycles. The number of alkyl halides is 3. The van der Waals surface area contributed by atoms with Gasteiger partial charge in [0.2, 0.25) is 0 Å².